The summed E-state index contributed by atoms with van der Waals surface area (Å²) in [4.78, 5) is 10.9. The van der Waals surface area contributed by atoms with E-state index in [2.05, 4.69) is 4.40 Å². The molecule has 0 amide bonds. The number of hydrogen-bond donors (Lipinski definition) is 0. The van der Waals surface area contributed by atoms with Crippen molar-refractivity contribution in [2.75, 3.05) is 0 Å². The van der Waals surface area contributed by atoms with Gasteiger partial charge in [0.05, 0.1) is 5.71 Å². The van der Waals surface area contributed by atoms with Crippen LogP contribution in [0.4, 0.5) is 0 Å². The molecule has 1 atom stereocenters. The van der Waals surface area contributed by atoms with Crippen molar-refractivity contribution in [1.29, 1.82) is 0 Å². The minimum absolute atomic E-state index is 0.0748. The lowest BCUT2D eigenvalue weighted by Crippen LogP contribution is -2.24. The molecule has 0 fully saturated rings. The summed E-state index contributed by atoms with van der Waals surface area (Å²) in [6, 6.07) is 0. The topological polar surface area (TPSA) is 29.4 Å². The Bertz CT molecular complexity index is 187. The van der Waals surface area contributed by atoms with E-state index >= 15 is 0 Å². The van der Waals surface area contributed by atoms with E-state index in [0.29, 0.717) is 5.71 Å². The molecule has 0 aromatic heterocycles. The van der Waals surface area contributed by atoms with Crippen LogP contribution in [0.3, 0.4) is 0 Å². The van der Waals surface area contributed by atoms with Gasteiger partial charge in [0.1, 0.15) is 0 Å². The van der Waals surface area contributed by atoms with Crippen molar-refractivity contribution in [2.45, 2.75) is 18.1 Å². The number of carbonyl (C=O) groups is 1. The fraction of sp³-hybridized carbons (Fsp3) is 0.600. The van der Waals surface area contributed by atoms with Crippen LogP contribution in [0.1, 0.15) is 13.8 Å². The molecule has 1 unspecified atom stereocenters. The van der Waals surface area contributed by atoms with Gasteiger partial charge in [0.15, 0.2) is 4.21 Å². The second kappa shape index (κ2) is 1.99. The molecule has 1 rings (SSSR count). The first kappa shape index (κ1) is 7.09. The summed E-state index contributed by atoms with van der Waals surface area (Å²) in [6.45, 7) is 3.32. The van der Waals surface area contributed by atoms with Crippen molar-refractivity contribution in [3.05, 3.63) is 0 Å². The van der Waals surface area contributed by atoms with Gasteiger partial charge in [0, 0.05) is 11.9 Å². The van der Waals surface area contributed by atoms with Gasteiger partial charge < -0.3 is 0 Å². The van der Waals surface area contributed by atoms with E-state index in [1.54, 1.807) is 13.8 Å². The van der Waals surface area contributed by atoms with E-state index in [0.717, 1.165) is 11.9 Å². The summed E-state index contributed by atoms with van der Waals surface area (Å²) in [6.07, 6.45) is 0. The summed E-state index contributed by atoms with van der Waals surface area (Å²) < 4.78 is 2.99. The molecular formula is C5H6ClNOS. The fourth-order valence-electron chi connectivity index (χ4n) is 0.560. The summed E-state index contributed by atoms with van der Waals surface area (Å²) >= 11 is 6.83. The second-order valence-corrected chi connectivity index (χ2v) is 4.18. The molecule has 1 aliphatic heterocycles. The highest BCUT2D eigenvalue weighted by atomic mass is 35.5. The fourth-order valence-corrected chi connectivity index (χ4v) is 1.42. The third-order valence-corrected chi connectivity index (χ3v) is 2.36. The van der Waals surface area contributed by atoms with Crippen LogP contribution in [0.5, 0.6) is 0 Å². The molecule has 0 N–H and O–H groups in total. The normalized spacial score (nSPS) is 35.0. The number of Topliss-reactive ketones (excluding diaryl/α,β-unsaturated/α-hetero) is 1. The average Bonchev–Trinajstić information content (AvgIpc) is 1.97. The zero-order valence-corrected chi connectivity index (χ0v) is 6.71. The number of rotatable bonds is 0. The smallest absolute Gasteiger partial charge is 0.209 e. The van der Waals surface area contributed by atoms with Gasteiger partial charge in [-0.05, 0) is 13.8 Å². The van der Waals surface area contributed by atoms with Crippen LogP contribution >= 0.6 is 23.5 Å². The van der Waals surface area contributed by atoms with E-state index in [1.165, 1.54) is 0 Å². The summed E-state index contributed by atoms with van der Waals surface area (Å²) in [5, 5.41) is 0. The molecular weight excluding hydrogens is 158 g/mol. The van der Waals surface area contributed by atoms with E-state index in [-0.39, 0.29) is 5.78 Å². The first-order valence-corrected chi connectivity index (χ1v) is 3.65. The largest absolute Gasteiger partial charge is 0.290 e. The molecule has 1 aliphatic rings. The molecule has 0 saturated carbocycles. The Hall–Kier alpha value is -0.0200. The molecule has 1 heterocycles. The minimum atomic E-state index is -0.829. The minimum Gasteiger partial charge on any atom is -0.290 e. The molecule has 0 aliphatic carbocycles. The Labute approximate surface area is 62.8 Å². The predicted molar refractivity (Wildman–Crippen MR) is 40.0 cm³/mol. The molecule has 0 radical (unpaired) electrons. The number of hydrogen-bond acceptors (Lipinski definition) is 3. The first-order chi connectivity index (χ1) is 4.04. The Morgan fingerprint density at radius 1 is 1.78 bits per heavy atom. The number of alkyl halides is 1. The highest BCUT2D eigenvalue weighted by Gasteiger charge is 2.38. The average molecular weight is 164 g/mol. The molecule has 0 saturated heterocycles. The lowest BCUT2D eigenvalue weighted by Gasteiger charge is -2.06. The highest BCUT2D eigenvalue weighted by Crippen LogP contribution is 2.36. The van der Waals surface area contributed by atoms with Gasteiger partial charge in [-0.3, -0.25) is 4.79 Å². The van der Waals surface area contributed by atoms with Crippen molar-refractivity contribution < 1.29 is 4.79 Å². The van der Waals surface area contributed by atoms with Crippen molar-refractivity contribution in [2.24, 2.45) is 4.40 Å². The molecule has 0 aromatic rings. The second-order valence-electron chi connectivity index (χ2n) is 2.01. The van der Waals surface area contributed by atoms with Gasteiger partial charge in [-0.15, -0.1) is 0 Å². The van der Waals surface area contributed by atoms with E-state index in [9.17, 15) is 4.79 Å². The standard InChI is InChI=1S/C5H6ClNOS/c1-3-4(8)5(2,6)9-7-3/h1-2H3. The van der Waals surface area contributed by atoms with Gasteiger partial charge in [-0.2, -0.15) is 0 Å². The Morgan fingerprint density at radius 2 is 2.33 bits per heavy atom. The summed E-state index contributed by atoms with van der Waals surface area (Å²) in [7, 11) is 0. The molecule has 0 aromatic carbocycles. The molecule has 2 nitrogen and oxygen atoms in total. The van der Waals surface area contributed by atoms with Gasteiger partial charge in [-0.25, -0.2) is 4.40 Å². The van der Waals surface area contributed by atoms with E-state index < -0.39 is 4.21 Å². The van der Waals surface area contributed by atoms with Crippen molar-refractivity contribution in [3.63, 3.8) is 0 Å². The molecule has 9 heavy (non-hydrogen) atoms. The molecule has 0 spiro atoms. The molecule has 50 valence electrons. The third-order valence-electron chi connectivity index (χ3n) is 1.09. The van der Waals surface area contributed by atoms with E-state index in [4.69, 9.17) is 11.6 Å². The Kier molecular flexibility index (Phi) is 1.57. The number of ketones is 1. The van der Waals surface area contributed by atoms with Crippen LogP contribution < -0.4 is 0 Å². The van der Waals surface area contributed by atoms with Crippen LogP contribution in [0, 0.1) is 0 Å². The van der Waals surface area contributed by atoms with Crippen LogP contribution in [-0.4, -0.2) is 15.7 Å². The maximum atomic E-state index is 10.9. The maximum Gasteiger partial charge on any atom is 0.209 e. The van der Waals surface area contributed by atoms with Crippen LogP contribution in [-0.2, 0) is 4.79 Å². The number of carbonyl (C=O) groups excluding carboxylic acids is 1. The highest BCUT2D eigenvalue weighted by molar-refractivity contribution is 8.02. The SMILES string of the molecule is CC1=NSC(C)(Cl)C1=O. The Morgan fingerprint density at radius 3 is 2.44 bits per heavy atom. The van der Waals surface area contributed by atoms with Crippen molar-refractivity contribution in [1.82, 2.24) is 0 Å². The lowest BCUT2D eigenvalue weighted by atomic mass is 10.2. The van der Waals surface area contributed by atoms with Gasteiger partial charge >= 0.3 is 0 Å². The zero-order valence-electron chi connectivity index (χ0n) is 5.14. The summed E-state index contributed by atoms with van der Waals surface area (Å²) in [5.74, 6) is -0.0748. The first-order valence-electron chi connectivity index (χ1n) is 2.50. The van der Waals surface area contributed by atoms with Gasteiger partial charge in [0.25, 0.3) is 0 Å². The molecule has 4 heteroatoms. The van der Waals surface area contributed by atoms with Crippen LogP contribution in [0.15, 0.2) is 4.40 Å². The third kappa shape index (κ3) is 1.12. The lowest BCUT2D eigenvalue weighted by molar-refractivity contribution is -0.112. The van der Waals surface area contributed by atoms with Crippen LogP contribution in [0.25, 0.3) is 0 Å². The van der Waals surface area contributed by atoms with E-state index in [1.807, 2.05) is 0 Å². The zero-order chi connectivity index (χ0) is 7.07. The van der Waals surface area contributed by atoms with Crippen molar-refractivity contribution in [3.8, 4) is 0 Å². The number of halogens is 1. The summed E-state index contributed by atoms with van der Waals surface area (Å²) in [5.41, 5.74) is 0.512. The van der Waals surface area contributed by atoms with Gasteiger partial charge in [-0.1, -0.05) is 11.6 Å². The Balaban J connectivity index is 2.86. The van der Waals surface area contributed by atoms with Crippen molar-refractivity contribution >= 4 is 35.0 Å². The molecule has 0 bridgehead atoms. The predicted octanol–water partition coefficient (Wildman–Crippen LogP) is 1.63. The monoisotopic (exact) mass is 163 g/mol. The maximum absolute atomic E-state index is 10.9. The van der Waals surface area contributed by atoms with Gasteiger partial charge in [0.2, 0.25) is 5.78 Å². The quantitative estimate of drug-likeness (QED) is 0.401. The van der Waals surface area contributed by atoms with Crippen LogP contribution in [0.2, 0.25) is 0 Å². The number of nitrogens with zero attached hydrogens (tertiary/aromatic N) is 1.